The third-order valence-electron chi connectivity index (χ3n) is 5.15. The molecule has 0 aliphatic heterocycles. The number of amides is 1. The summed E-state index contributed by atoms with van der Waals surface area (Å²) in [6.45, 7) is 4.74. The fourth-order valence-electron chi connectivity index (χ4n) is 3.99. The number of hydrogen-bond donors (Lipinski definition) is 1. The Morgan fingerprint density at radius 1 is 1.19 bits per heavy atom. The van der Waals surface area contributed by atoms with Crippen LogP contribution in [0, 0.1) is 17.8 Å². The minimum Gasteiger partial charge on any atom is -0.326 e. The average molecular weight is 286 g/mol. The minimum absolute atomic E-state index is 0.198. The van der Waals surface area contributed by atoms with Crippen molar-refractivity contribution in [3.63, 3.8) is 0 Å². The Morgan fingerprint density at radius 3 is 2.24 bits per heavy atom. The SMILES string of the molecule is CC(C)N(C(=O)C1C2CCCCC21)c1ccc(CN)cc1. The smallest absolute Gasteiger partial charge is 0.230 e. The molecule has 114 valence electrons. The monoisotopic (exact) mass is 286 g/mol. The zero-order chi connectivity index (χ0) is 15.0. The van der Waals surface area contributed by atoms with E-state index < -0.39 is 0 Å². The van der Waals surface area contributed by atoms with Gasteiger partial charge in [-0.2, -0.15) is 0 Å². The molecular formula is C18H26N2O. The Balaban J connectivity index is 1.79. The standard InChI is InChI=1S/C18H26N2O/c1-12(2)20(14-9-7-13(11-19)8-10-14)18(21)17-15-5-3-4-6-16(15)17/h7-10,12,15-17H,3-6,11,19H2,1-2H3. The van der Waals surface area contributed by atoms with Crippen LogP contribution in [0.3, 0.4) is 0 Å². The quantitative estimate of drug-likeness (QED) is 0.923. The third-order valence-corrected chi connectivity index (χ3v) is 5.15. The Kier molecular flexibility index (Phi) is 4.03. The van der Waals surface area contributed by atoms with Crippen molar-refractivity contribution in [3.05, 3.63) is 29.8 Å². The molecule has 2 N–H and O–H groups in total. The van der Waals surface area contributed by atoms with Gasteiger partial charge in [-0.1, -0.05) is 25.0 Å². The van der Waals surface area contributed by atoms with Crippen molar-refractivity contribution >= 4 is 11.6 Å². The van der Waals surface area contributed by atoms with Gasteiger partial charge in [0.1, 0.15) is 0 Å². The topological polar surface area (TPSA) is 46.3 Å². The lowest BCUT2D eigenvalue weighted by atomic mass is 10.0. The molecule has 1 aromatic rings. The summed E-state index contributed by atoms with van der Waals surface area (Å²) in [6.07, 6.45) is 5.11. The van der Waals surface area contributed by atoms with Crippen LogP contribution >= 0.6 is 0 Å². The van der Waals surface area contributed by atoms with E-state index in [0.717, 1.165) is 11.3 Å². The Labute approximate surface area is 127 Å². The van der Waals surface area contributed by atoms with Crippen molar-refractivity contribution in [2.75, 3.05) is 4.90 Å². The van der Waals surface area contributed by atoms with E-state index in [1.54, 1.807) is 0 Å². The molecule has 2 aliphatic carbocycles. The highest BCUT2D eigenvalue weighted by molar-refractivity contribution is 5.97. The number of nitrogens with two attached hydrogens (primary N) is 1. The highest BCUT2D eigenvalue weighted by Gasteiger charge is 2.56. The summed E-state index contributed by atoms with van der Waals surface area (Å²) in [5.41, 5.74) is 7.77. The molecule has 0 radical (unpaired) electrons. The summed E-state index contributed by atoms with van der Waals surface area (Å²) in [4.78, 5) is 15.0. The van der Waals surface area contributed by atoms with E-state index in [1.807, 2.05) is 29.2 Å². The summed E-state index contributed by atoms with van der Waals surface area (Å²) in [5, 5.41) is 0. The van der Waals surface area contributed by atoms with Gasteiger partial charge in [0.2, 0.25) is 5.91 Å². The number of rotatable bonds is 4. The first kappa shape index (κ1) is 14.6. The molecule has 3 rings (SSSR count). The van der Waals surface area contributed by atoms with Crippen LogP contribution in [0.15, 0.2) is 24.3 Å². The van der Waals surface area contributed by atoms with Gasteiger partial charge in [0.25, 0.3) is 0 Å². The van der Waals surface area contributed by atoms with E-state index in [2.05, 4.69) is 13.8 Å². The van der Waals surface area contributed by atoms with Crippen molar-refractivity contribution in [2.24, 2.45) is 23.5 Å². The van der Waals surface area contributed by atoms with E-state index in [-0.39, 0.29) is 12.0 Å². The van der Waals surface area contributed by atoms with Gasteiger partial charge in [-0.05, 0) is 56.2 Å². The lowest BCUT2D eigenvalue weighted by Crippen LogP contribution is -2.38. The highest BCUT2D eigenvalue weighted by atomic mass is 16.2. The lowest BCUT2D eigenvalue weighted by Gasteiger charge is -2.27. The van der Waals surface area contributed by atoms with Gasteiger partial charge < -0.3 is 10.6 Å². The maximum Gasteiger partial charge on any atom is 0.230 e. The first-order valence-electron chi connectivity index (χ1n) is 8.25. The molecule has 1 aromatic carbocycles. The van der Waals surface area contributed by atoms with E-state index in [9.17, 15) is 4.79 Å². The zero-order valence-electron chi connectivity index (χ0n) is 13.1. The molecule has 2 unspecified atom stereocenters. The second-order valence-electron chi connectivity index (χ2n) is 6.81. The summed E-state index contributed by atoms with van der Waals surface area (Å²) in [5.74, 6) is 1.94. The summed E-state index contributed by atoms with van der Waals surface area (Å²) in [7, 11) is 0. The molecule has 0 aromatic heterocycles. The first-order valence-corrected chi connectivity index (χ1v) is 8.25. The lowest BCUT2D eigenvalue weighted by molar-refractivity contribution is -0.120. The highest BCUT2D eigenvalue weighted by Crippen LogP contribution is 2.56. The van der Waals surface area contributed by atoms with E-state index in [0.29, 0.717) is 24.3 Å². The van der Waals surface area contributed by atoms with Crippen molar-refractivity contribution in [1.29, 1.82) is 0 Å². The third kappa shape index (κ3) is 2.71. The molecule has 0 spiro atoms. The van der Waals surface area contributed by atoms with Crippen molar-refractivity contribution < 1.29 is 4.79 Å². The molecule has 1 amide bonds. The Bertz CT molecular complexity index is 496. The Morgan fingerprint density at radius 2 is 1.76 bits per heavy atom. The van der Waals surface area contributed by atoms with Gasteiger partial charge in [0.05, 0.1) is 0 Å². The number of benzene rings is 1. The van der Waals surface area contributed by atoms with Crippen LogP contribution in [0.5, 0.6) is 0 Å². The van der Waals surface area contributed by atoms with Crippen LogP contribution < -0.4 is 10.6 Å². The maximum atomic E-state index is 13.0. The summed E-state index contributed by atoms with van der Waals surface area (Å²) >= 11 is 0. The molecule has 0 heterocycles. The fourth-order valence-corrected chi connectivity index (χ4v) is 3.99. The normalized spacial score (nSPS) is 27.3. The van der Waals surface area contributed by atoms with Gasteiger partial charge in [-0.25, -0.2) is 0 Å². The average Bonchev–Trinajstić information content (AvgIpc) is 3.22. The van der Waals surface area contributed by atoms with Crippen molar-refractivity contribution in [2.45, 2.75) is 52.1 Å². The predicted octanol–water partition coefficient (Wildman–Crippen LogP) is 3.32. The van der Waals surface area contributed by atoms with Gasteiger partial charge >= 0.3 is 0 Å². The van der Waals surface area contributed by atoms with Crippen LogP contribution in [0.2, 0.25) is 0 Å². The fraction of sp³-hybridized carbons (Fsp3) is 0.611. The molecule has 0 saturated heterocycles. The van der Waals surface area contributed by atoms with Gasteiger partial charge in [0.15, 0.2) is 0 Å². The number of nitrogens with zero attached hydrogens (tertiary/aromatic N) is 1. The molecule has 3 nitrogen and oxygen atoms in total. The molecule has 3 heteroatoms. The molecule has 0 bridgehead atoms. The summed E-state index contributed by atoms with van der Waals surface area (Å²) < 4.78 is 0. The maximum absolute atomic E-state index is 13.0. The van der Waals surface area contributed by atoms with Gasteiger partial charge in [0, 0.05) is 24.2 Å². The number of carbonyl (C=O) groups excluding carboxylic acids is 1. The van der Waals surface area contributed by atoms with Gasteiger partial charge in [-0.3, -0.25) is 4.79 Å². The Hall–Kier alpha value is -1.35. The minimum atomic E-state index is 0.198. The second kappa shape index (κ2) is 5.80. The van der Waals surface area contributed by atoms with Crippen LogP contribution in [-0.2, 0) is 11.3 Å². The number of carbonyl (C=O) groups is 1. The van der Waals surface area contributed by atoms with Gasteiger partial charge in [-0.15, -0.1) is 0 Å². The summed E-state index contributed by atoms with van der Waals surface area (Å²) in [6, 6.07) is 8.32. The first-order chi connectivity index (χ1) is 10.1. The van der Waals surface area contributed by atoms with E-state index in [4.69, 9.17) is 5.73 Å². The molecule has 2 saturated carbocycles. The van der Waals surface area contributed by atoms with Crippen molar-refractivity contribution in [1.82, 2.24) is 0 Å². The number of anilines is 1. The van der Waals surface area contributed by atoms with Crippen LogP contribution in [-0.4, -0.2) is 11.9 Å². The number of hydrogen-bond acceptors (Lipinski definition) is 2. The molecule has 2 atom stereocenters. The second-order valence-corrected chi connectivity index (χ2v) is 6.81. The molecule has 2 fully saturated rings. The van der Waals surface area contributed by atoms with Crippen LogP contribution in [0.1, 0.15) is 45.1 Å². The predicted molar refractivity (Wildman–Crippen MR) is 85.9 cm³/mol. The zero-order valence-corrected chi connectivity index (χ0v) is 13.1. The number of fused-ring (bicyclic) bond motifs is 1. The van der Waals surface area contributed by atoms with Crippen LogP contribution in [0.25, 0.3) is 0 Å². The van der Waals surface area contributed by atoms with Crippen LogP contribution in [0.4, 0.5) is 5.69 Å². The molecule has 21 heavy (non-hydrogen) atoms. The van der Waals surface area contributed by atoms with Crippen molar-refractivity contribution in [3.8, 4) is 0 Å². The molecule has 2 aliphatic rings. The largest absolute Gasteiger partial charge is 0.326 e. The van der Waals surface area contributed by atoms with E-state index in [1.165, 1.54) is 25.7 Å². The van der Waals surface area contributed by atoms with E-state index >= 15 is 0 Å². The molecular weight excluding hydrogens is 260 g/mol.